The fourth-order valence-electron chi connectivity index (χ4n) is 3.02. The van der Waals surface area contributed by atoms with Gasteiger partial charge in [-0.2, -0.15) is 4.31 Å². The van der Waals surface area contributed by atoms with Crippen LogP contribution in [-0.2, 0) is 19.6 Å². The quantitative estimate of drug-likeness (QED) is 0.771. The molecule has 2 rings (SSSR count). The van der Waals surface area contributed by atoms with Crippen molar-refractivity contribution in [3.05, 3.63) is 29.8 Å². The molecule has 0 aromatic heterocycles. The van der Waals surface area contributed by atoms with E-state index in [1.54, 1.807) is 0 Å². The molecule has 1 saturated heterocycles. The van der Waals surface area contributed by atoms with Crippen molar-refractivity contribution in [2.45, 2.75) is 63.4 Å². The van der Waals surface area contributed by atoms with Gasteiger partial charge in [0.1, 0.15) is 0 Å². The number of piperidine rings is 1. The van der Waals surface area contributed by atoms with Gasteiger partial charge in [-0.25, -0.2) is 13.2 Å². The number of carbonyl (C=O) groups is 2. The van der Waals surface area contributed by atoms with Crippen LogP contribution in [0.4, 0.5) is 0 Å². The van der Waals surface area contributed by atoms with E-state index in [-0.39, 0.29) is 16.5 Å². The summed E-state index contributed by atoms with van der Waals surface area (Å²) in [6, 6.07) is 5.69. The Morgan fingerprint density at radius 1 is 1.26 bits per heavy atom. The van der Waals surface area contributed by atoms with Gasteiger partial charge in [-0.3, -0.25) is 4.79 Å². The Morgan fingerprint density at radius 3 is 2.59 bits per heavy atom. The van der Waals surface area contributed by atoms with Crippen molar-refractivity contribution in [2.75, 3.05) is 13.2 Å². The summed E-state index contributed by atoms with van der Waals surface area (Å²) in [6.45, 7) is 7.41. The summed E-state index contributed by atoms with van der Waals surface area (Å²) in [7, 11) is -3.68. The largest absolute Gasteiger partial charge is 0.452 e. The van der Waals surface area contributed by atoms with Crippen molar-refractivity contribution in [1.29, 1.82) is 0 Å². The number of hydrogen-bond acceptors (Lipinski definition) is 5. The molecule has 1 aliphatic rings. The molecule has 1 amide bonds. The molecular formula is C19H28N2O5S. The van der Waals surface area contributed by atoms with Crippen LogP contribution in [0.15, 0.2) is 29.2 Å². The highest BCUT2D eigenvalue weighted by molar-refractivity contribution is 7.89. The molecule has 0 bridgehead atoms. The molecule has 0 aliphatic carbocycles. The standard InChI is InChI=1S/C19H28N2O5S/c1-14-8-5-6-11-21(14)27(24,25)16-10-7-9-15(12-16)18(23)26-13-17(22)20-19(2,3)4/h7,9-10,12,14H,5-6,8,11,13H2,1-4H3,(H,20,22)/t14-/m1/s1. The van der Waals surface area contributed by atoms with Crippen molar-refractivity contribution in [3.63, 3.8) is 0 Å². The first-order chi connectivity index (χ1) is 12.5. The van der Waals surface area contributed by atoms with Gasteiger partial charge >= 0.3 is 5.97 Å². The van der Waals surface area contributed by atoms with Crippen LogP contribution < -0.4 is 5.32 Å². The van der Waals surface area contributed by atoms with Gasteiger partial charge in [0.05, 0.1) is 10.5 Å². The van der Waals surface area contributed by atoms with Crippen LogP contribution >= 0.6 is 0 Å². The third-order valence-corrected chi connectivity index (χ3v) is 6.28. The summed E-state index contributed by atoms with van der Waals surface area (Å²) in [5.74, 6) is -1.15. The number of hydrogen-bond donors (Lipinski definition) is 1. The molecule has 0 saturated carbocycles. The van der Waals surface area contributed by atoms with E-state index in [4.69, 9.17) is 4.74 Å². The van der Waals surface area contributed by atoms with Crippen LogP contribution in [-0.4, -0.2) is 49.3 Å². The van der Waals surface area contributed by atoms with Crippen LogP contribution in [0.3, 0.4) is 0 Å². The van der Waals surface area contributed by atoms with Crippen LogP contribution in [0.1, 0.15) is 57.3 Å². The zero-order valence-corrected chi connectivity index (χ0v) is 17.1. The molecule has 1 N–H and O–H groups in total. The number of sulfonamides is 1. The Labute approximate surface area is 161 Å². The van der Waals surface area contributed by atoms with E-state index in [0.717, 1.165) is 19.3 Å². The fraction of sp³-hybridized carbons (Fsp3) is 0.579. The van der Waals surface area contributed by atoms with Gasteiger partial charge in [0.25, 0.3) is 5.91 Å². The number of esters is 1. The fourth-order valence-corrected chi connectivity index (χ4v) is 4.76. The number of ether oxygens (including phenoxy) is 1. The van der Waals surface area contributed by atoms with E-state index in [0.29, 0.717) is 6.54 Å². The maximum Gasteiger partial charge on any atom is 0.338 e. The Kier molecular flexibility index (Phi) is 6.64. The molecule has 8 heteroatoms. The smallest absolute Gasteiger partial charge is 0.338 e. The van der Waals surface area contributed by atoms with Crippen LogP contribution in [0.5, 0.6) is 0 Å². The summed E-state index contributed by atoms with van der Waals surface area (Å²) in [6.07, 6.45) is 2.66. The van der Waals surface area contributed by atoms with E-state index in [9.17, 15) is 18.0 Å². The van der Waals surface area contributed by atoms with Crippen molar-refractivity contribution < 1.29 is 22.7 Å². The van der Waals surface area contributed by atoms with Gasteiger partial charge < -0.3 is 10.1 Å². The number of nitrogens with one attached hydrogen (secondary N) is 1. The van der Waals surface area contributed by atoms with E-state index in [1.165, 1.54) is 28.6 Å². The number of benzene rings is 1. The Bertz CT molecular complexity index is 799. The van der Waals surface area contributed by atoms with Gasteiger partial charge in [0, 0.05) is 18.1 Å². The number of rotatable bonds is 5. The Hall–Kier alpha value is -1.93. The SMILES string of the molecule is C[C@@H]1CCCCN1S(=O)(=O)c1cccc(C(=O)OCC(=O)NC(C)(C)C)c1. The highest BCUT2D eigenvalue weighted by Gasteiger charge is 2.31. The second kappa shape index (κ2) is 8.39. The van der Waals surface area contributed by atoms with Gasteiger partial charge in [-0.05, 0) is 58.7 Å². The monoisotopic (exact) mass is 396 g/mol. The van der Waals surface area contributed by atoms with Crippen molar-refractivity contribution in [1.82, 2.24) is 9.62 Å². The lowest BCUT2D eigenvalue weighted by molar-refractivity contribution is -0.125. The molecule has 0 spiro atoms. The zero-order chi connectivity index (χ0) is 20.2. The predicted molar refractivity (Wildman–Crippen MR) is 102 cm³/mol. The third-order valence-electron chi connectivity index (χ3n) is 4.27. The molecule has 1 aromatic rings. The molecular weight excluding hydrogens is 368 g/mol. The highest BCUT2D eigenvalue weighted by Crippen LogP contribution is 2.25. The topological polar surface area (TPSA) is 92.8 Å². The lowest BCUT2D eigenvalue weighted by Gasteiger charge is -2.32. The minimum atomic E-state index is -3.68. The van der Waals surface area contributed by atoms with Crippen molar-refractivity contribution in [2.24, 2.45) is 0 Å². The summed E-state index contributed by atoms with van der Waals surface area (Å²) in [5, 5.41) is 2.69. The lowest BCUT2D eigenvalue weighted by Crippen LogP contribution is -2.42. The average Bonchev–Trinajstić information content (AvgIpc) is 2.58. The Morgan fingerprint density at radius 2 is 1.96 bits per heavy atom. The minimum Gasteiger partial charge on any atom is -0.452 e. The molecule has 7 nitrogen and oxygen atoms in total. The van der Waals surface area contributed by atoms with Crippen molar-refractivity contribution in [3.8, 4) is 0 Å². The normalized spacial score (nSPS) is 18.7. The van der Waals surface area contributed by atoms with Gasteiger partial charge in [-0.1, -0.05) is 12.5 Å². The molecule has 150 valence electrons. The third kappa shape index (κ3) is 5.77. The summed E-state index contributed by atoms with van der Waals surface area (Å²) < 4.78 is 32.3. The van der Waals surface area contributed by atoms with E-state index in [2.05, 4.69) is 5.32 Å². The molecule has 1 aromatic carbocycles. The molecule has 0 radical (unpaired) electrons. The van der Waals surface area contributed by atoms with Crippen LogP contribution in [0.25, 0.3) is 0 Å². The van der Waals surface area contributed by atoms with Gasteiger partial charge in [-0.15, -0.1) is 0 Å². The molecule has 27 heavy (non-hydrogen) atoms. The van der Waals surface area contributed by atoms with Gasteiger partial charge in [0.15, 0.2) is 6.61 Å². The first-order valence-corrected chi connectivity index (χ1v) is 10.5. The van der Waals surface area contributed by atoms with E-state index in [1.807, 2.05) is 27.7 Å². The maximum atomic E-state index is 12.9. The van der Waals surface area contributed by atoms with Gasteiger partial charge in [0.2, 0.25) is 10.0 Å². The van der Waals surface area contributed by atoms with E-state index < -0.39 is 34.0 Å². The number of amides is 1. The molecule has 1 heterocycles. The number of carbonyl (C=O) groups excluding carboxylic acids is 2. The molecule has 1 fully saturated rings. The summed E-state index contributed by atoms with van der Waals surface area (Å²) >= 11 is 0. The van der Waals surface area contributed by atoms with Crippen LogP contribution in [0, 0.1) is 0 Å². The summed E-state index contributed by atoms with van der Waals surface area (Å²) in [4.78, 5) is 24.1. The predicted octanol–water partition coefficient (Wildman–Crippen LogP) is 2.32. The molecule has 1 aliphatic heterocycles. The molecule has 1 atom stereocenters. The number of nitrogens with zero attached hydrogens (tertiary/aromatic N) is 1. The second-order valence-corrected chi connectivity index (χ2v) is 9.75. The first-order valence-electron chi connectivity index (χ1n) is 9.11. The highest BCUT2D eigenvalue weighted by atomic mass is 32.2. The maximum absolute atomic E-state index is 12.9. The van der Waals surface area contributed by atoms with Crippen molar-refractivity contribution >= 4 is 21.9 Å². The average molecular weight is 397 g/mol. The summed E-state index contributed by atoms with van der Waals surface area (Å²) in [5.41, 5.74) is -0.327. The minimum absolute atomic E-state index is 0.0600. The Balaban J connectivity index is 2.10. The van der Waals surface area contributed by atoms with E-state index >= 15 is 0 Å². The molecule has 0 unspecified atom stereocenters. The van der Waals surface area contributed by atoms with Crippen LogP contribution in [0.2, 0.25) is 0 Å². The lowest BCUT2D eigenvalue weighted by atomic mass is 10.1. The second-order valence-electron chi connectivity index (χ2n) is 7.86. The first kappa shape index (κ1) is 21.4. The zero-order valence-electron chi connectivity index (χ0n) is 16.3.